The topological polar surface area (TPSA) is 60.7 Å². The monoisotopic (exact) mass is 413 g/mol. The standard InChI is InChI=1S/C26H23NO4/c1-17(13-26(28)27-19-7-5-4-6-8-19)21-14-22-23(16-31-25(22)15-24(21)30-3)18-9-11-20(29-2)12-10-18/h4-16H,1-3H3,(H,27,28)/b17-13+. The molecule has 5 heteroatoms. The fourth-order valence-electron chi connectivity index (χ4n) is 3.50. The van der Waals surface area contributed by atoms with E-state index in [1.807, 2.05) is 73.7 Å². The van der Waals surface area contributed by atoms with Crippen LogP contribution in [-0.4, -0.2) is 20.1 Å². The highest BCUT2D eigenvalue weighted by molar-refractivity contribution is 6.05. The van der Waals surface area contributed by atoms with Gasteiger partial charge < -0.3 is 19.2 Å². The van der Waals surface area contributed by atoms with Crippen molar-refractivity contribution in [2.75, 3.05) is 19.5 Å². The smallest absolute Gasteiger partial charge is 0.248 e. The zero-order chi connectivity index (χ0) is 21.8. The highest BCUT2D eigenvalue weighted by Crippen LogP contribution is 2.37. The Balaban J connectivity index is 1.71. The third kappa shape index (κ3) is 4.31. The number of hydrogen-bond donors (Lipinski definition) is 1. The molecule has 0 fully saturated rings. The van der Waals surface area contributed by atoms with Gasteiger partial charge in [-0.2, -0.15) is 0 Å². The van der Waals surface area contributed by atoms with E-state index in [0.29, 0.717) is 11.3 Å². The predicted octanol–water partition coefficient (Wildman–Crippen LogP) is 6.16. The lowest BCUT2D eigenvalue weighted by Crippen LogP contribution is -2.08. The number of allylic oxidation sites excluding steroid dienone is 1. The van der Waals surface area contributed by atoms with Crippen molar-refractivity contribution in [2.24, 2.45) is 0 Å². The molecule has 4 aromatic rings. The molecule has 0 radical (unpaired) electrons. The SMILES string of the molecule is COc1ccc(-c2coc3cc(OC)c(/C(C)=C/C(=O)Nc4ccccc4)cc23)cc1. The molecule has 0 spiro atoms. The fourth-order valence-corrected chi connectivity index (χ4v) is 3.50. The Kier molecular flexibility index (Phi) is 5.76. The molecule has 5 nitrogen and oxygen atoms in total. The predicted molar refractivity (Wildman–Crippen MR) is 123 cm³/mol. The Bertz CT molecular complexity index is 1240. The minimum absolute atomic E-state index is 0.201. The first-order valence-electron chi connectivity index (χ1n) is 9.87. The Morgan fingerprint density at radius 1 is 0.968 bits per heavy atom. The molecule has 3 aromatic carbocycles. The molecule has 0 saturated heterocycles. The summed E-state index contributed by atoms with van der Waals surface area (Å²) >= 11 is 0. The number of furan rings is 1. The number of nitrogens with one attached hydrogen (secondary N) is 1. The highest BCUT2D eigenvalue weighted by atomic mass is 16.5. The van der Waals surface area contributed by atoms with Crippen LogP contribution in [0.4, 0.5) is 5.69 Å². The molecular weight excluding hydrogens is 390 g/mol. The van der Waals surface area contributed by atoms with Crippen molar-refractivity contribution >= 4 is 28.1 Å². The number of benzene rings is 3. The van der Waals surface area contributed by atoms with Gasteiger partial charge in [0.1, 0.15) is 17.1 Å². The van der Waals surface area contributed by atoms with E-state index in [-0.39, 0.29) is 5.91 Å². The second kappa shape index (κ2) is 8.79. The van der Waals surface area contributed by atoms with E-state index in [9.17, 15) is 4.79 Å². The Labute approximate surface area is 180 Å². The average Bonchev–Trinajstić information content (AvgIpc) is 3.21. The van der Waals surface area contributed by atoms with Crippen molar-refractivity contribution < 1.29 is 18.7 Å². The van der Waals surface area contributed by atoms with E-state index >= 15 is 0 Å². The maximum Gasteiger partial charge on any atom is 0.248 e. The molecule has 0 aliphatic carbocycles. The lowest BCUT2D eigenvalue weighted by molar-refractivity contribution is -0.111. The molecule has 1 amide bonds. The van der Waals surface area contributed by atoms with Crippen molar-refractivity contribution in [3.8, 4) is 22.6 Å². The number of carbonyl (C=O) groups is 1. The van der Waals surface area contributed by atoms with Gasteiger partial charge in [-0.05, 0) is 48.4 Å². The second-order valence-electron chi connectivity index (χ2n) is 7.11. The summed E-state index contributed by atoms with van der Waals surface area (Å²) in [5.41, 5.74) is 5.05. The molecule has 0 unspecified atom stereocenters. The van der Waals surface area contributed by atoms with E-state index < -0.39 is 0 Å². The molecular formula is C26H23NO4. The van der Waals surface area contributed by atoms with Gasteiger partial charge in [0, 0.05) is 34.3 Å². The van der Waals surface area contributed by atoms with Crippen LogP contribution in [0.2, 0.25) is 0 Å². The van der Waals surface area contributed by atoms with Crippen LogP contribution in [0.3, 0.4) is 0 Å². The summed E-state index contributed by atoms with van der Waals surface area (Å²) in [5.74, 6) is 1.24. The molecule has 0 saturated carbocycles. The van der Waals surface area contributed by atoms with Gasteiger partial charge in [-0.25, -0.2) is 0 Å². The summed E-state index contributed by atoms with van der Waals surface area (Å²) in [5, 5.41) is 3.82. The summed E-state index contributed by atoms with van der Waals surface area (Å²) in [6.07, 6.45) is 3.31. The van der Waals surface area contributed by atoms with Gasteiger partial charge in [-0.15, -0.1) is 0 Å². The number of anilines is 1. The van der Waals surface area contributed by atoms with Crippen LogP contribution in [0.1, 0.15) is 12.5 Å². The van der Waals surface area contributed by atoms with Gasteiger partial charge in [0.15, 0.2) is 0 Å². The summed E-state index contributed by atoms with van der Waals surface area (Å²) in [4.78, 5) is 12.5. The first-order chi connectivity index (χ1) is 15.1. The van der Waals surface area contributed by atoms with E-state index in [1.54, 1.807) is 26.6 Å². The molecule has 1 N–H and O–H groups in total. The van der Waals surface area contributed by atoms with Gasteiger partial charge in [0.2, 0.25) is 5.91 Å². The zero-order valence-corrected chi connectivity index (χ0v) is 17.6. The zero-order valence-electron chi connectivity index (χ0n) is 17.6. The van der Waals surface area contributed by atoms with Crippen molar-refractivity contribution in [1.82, 2.24) is 0 Å². The number of carbonyl (C=O) groups excluding carboxylic acids is 1. The van der Waals surface area contributed by atoms with Crippen LogP contribution in [0, 0.1) is 0 Å². The molecule has 1 aromatic heterocycles. The number of ether oxygens (including phenoxy) is 2. The molecule has 0 aliphatic heterocycles. The van der Waals surface area contributed by atoms with Gasteiger partial charge in [0.05, 0.1) is 20.5 Å². The van der Waals surface area contributed by atoms with Crippen LogP contribution in [-0.2, 0) is 4.79 Å². The van der Waals surface area contributed by atoms with Gasteiger partial charge >= 0.3 is 0 Å². The summed E-state index contributed by atoms with van der Waals surface area (Å²) in [6.45, 7) is 1.89. The second-order valence-corrected chi connectivity index (χ2v) is 7.11. The Hall–Kier alpha value is -3.99. The fraction of sp³-hybridized carbons (Fsp3) is 0.115. The van der Waals surface area contributed by atoms with E-state index in [1.165, 1.54) is 0 Å². The van der Waals surface area contributed by atoms with Gasteiger partial charge in [-0.1, -0.05) is 30.3 Å². The first kappa shape index (κ1) is 20.3. The minimum atomic E-state index is -0.201. The number of amides is 1. The summed E-state index contributed by atoms with van der Waals surface area (Å²) in [6, 6.07) is 21.0. The highest BCUT2D eigenvalue weighted by Gasteiger charge is 2.15. The number of rotatable bonds is 6. The van der Waals surface area contributed by atoms with Crippen molar-refractivity contribution in [3.05, 3.63) is 84.6 Å². The number of para-hydroxylation sites is 1. The molecule has 4 rings (SSSR count). The normalized spacial score (nSPS) is 11.4. The summed E-state index contributed by atoms with van der Waals surface area (Å²) in [7, 11) is 3.25. The molecule has 0 bridgehead atoms. The lowest BCUT2D eigenvalue weighted by atomic mass is 9.99. The lowest BCUT2D eigenvalue weighted by Gasteiger charge is -2.10. The summed E-state index contributed by atoms with van der Waals surface area (Å²) < 4.78 is 16.6. The molecule has 1 heterocycles. The van der Waals surface area contributed by atoms with E-state index in [2.05, 4.69) is 5.32 Å². The first-order valence-corrected chi connectivity index (χ1v) is 9.87. The molecule has 156 valence electrons. The minimum Gasteiger partial charge on any atom is -0.497 e. The number of fused-ring (bicyclic) bond motifs is 1. The Morgan fingerprint density at radius 2 is 1.71 bits per heavy atom. The molecule has 31 heavy (non-hydrogen) atoms. The van der Waals surface area contributed by atoms with Crippen molar-refractivity contribution in [3.63, 3.8) is 0 Å². The van der Waals surface area contributed by atoms with Gasteiger partial charge in [-0.3, -0.25) is 4.79 Å². The van der Waals surface area contributed by atoms with Crippen LogP contribution >= 0.6 is 0 Å². The third-order valence-electron chi connectivity index (χ3n) is 5.11. The molecule has 0 aliphatic rings. The molecule has 0 atom stereocenters. The van der Waals surface area contributed by atoms with E-state index in [0.717, 1.165) is 39.1 Å². The van der Waals surface area contributed by atoms with Crippen molar-refractivity contribution in [1.29, 1.82) is 0 Å². The van der Waals surface area contributed by atoms with Crippen LogP contribution in [0.25, 0.3) is 27.7 Å². The number of methoxy groups -OCH3 is 2. The maximum absolute atomic E-state index is 12.5. The largest absolute Gasteiger partial charge is 0.497 e. The Morgan fingerprint density at radius 3 is 2.39 bits per heavy atom. The van der Waals surface area contributed by atoms with Crippen LogP contribution < -0.4 is 14.8 Å². The van der Waals surface area contributed by atoms with Crippen LogP contribution in [0.15, 0.2) is 83.5 Å². The van der Waals surface area contributed by atoms with Gasteiger partial charge in [0.25, 0.3) is 0 Å². The van der Waals surface area contributed by atoms with E-state index in [4.69, 9.17) is 13.9 Å². The van der Waals surface area contributed by atoms with Crippen LogP contribution in [0.5, 0.6) is 11.5 Å². The quantitative estimate of drug-likeness (QED) is 0.385. The third-order valence-corrected chi connectivity index (χ3v) is 5.11. The average molecular weight is 413 g/mol. The maximum atomic E-state index is 12.5. The van der Waals surface area contributed by atoms with Crippen molar-refractivity contribution in [2.45, 2.75) is 6.92 Å². The number of hydrogen-bond acceptors (Lipinski definition) is 4.